The first-order valence-electron chi connectivity index (χ1n) is 9.42. The van der Waals surface area contributed by atoms with Crippen molar-refractivity contribution in [1.82, 2.24) is 23.7 Å². The molecule has 0 spiro atoms. The Morgan fingerprint density at radius 1 is 1.19 bits per heavy atom. The van der Waals surface area contributed by atoms with Crippen LogP contribution in [-0.2, 0) is 16.2 Å². The van der Waals surface area contributed by atoms with Gasteiger partial charge in [-0.25, -0.2) is 22.7 Å². The van der Waals surface area contributed by atoms with Crippen molar-refractivity contribution in [2.24, 2.45) is 0 Å². The molecule has 9 nitrogen and oxygen atoms in total. The van der Waals surface area contributed by atoms with Crippen LogP contribution in [0, 0.1) is 0 Å². The molecule has 0 aromatic carbocycles. The fourth-order valence-electron chi connectivity index (χ4n) is 3.61. The number of carbonyl (C=O) groups is 1. The summed E-state index contributed by atoms with van der Waals surface area (Å²) in [5, 5.41) is 3.51. The third kappa shape index (κ3) is 4.19. The van der Waals surface area contributed by atoms with Crippen LogP contribution in [0.4, 0.5) is 19.1 Å². The van der Waals surface area contributed by atoms with Gasteiger partial charge in [-0.1, -0.05) is 0 Å². The van der Waals surface area contributed by atoms with Gasteiger partial charge >= 0.3 is 6.18 Å². The zero-order chi connectivity index (χ0) is 22.6. The van der Waals surface area contributed by atoms with Crippen LogP contribution in [0.5, 0.6) is 0 Å². The van der Waals surface area contributed by atoms with Gasteiger partial charge in [0.25, 0.3) is 0 Å². The van der Waals surface area contributed by atoms with Gasteiger partial charge in [-0.3, -0.25) is 9.20 Å². The van der Waals surface area contributed by atoms with E-state index in [9.17, 15) is 26.4 Å². The van der Waals surface area contributed by atoms with E-state index >= 15 is 0 Å². The summed E-state index contributed by atoms with van der Waals surface area (Å²) >= 11 is 0. The number of ketones is 1. The molecular weight excluding hydrogens is 437 g/mol. The first-order chi connectivity index (χ1) is 14.4. The number of hydrogen-bond acceptors (Lipinski definition) is 7. The lowest BCUT2D eigenvalue weighted by Gasteiger charge is -2.30. The van der Waals surface area contributed by atoms with Gasteiger partial charge in [0.2, 0.25) is 16.0 Å². The van der Waals surface area contributed by atoms with E-state index in [1.54, 1.807) is 0 Å². The molecule has 31 heavy (non-hydrogen) atoms. The van der Waals surface area contributed by atoms with Gasteiger partial charge < -0.3 is 5.32 Å². The Morgan fingerprint density at radius 3 is 2.45 bits per heavy atom. The highest BCUT2D eigenvalue weighted by Crippen LogP contribution is 2.31. The highest BCUT2D eigenvalue weighted by atomic mass is 32.2. The zero-order valence-corrected chi connectivity index (χ0v) is 17.5. The average molecular weight is 456 g/mol. The maximum absolute atomic E-state index is 13.2. The van der Waals surface area contributed by atoms with E-state index in [1.807, 2.05) is 0 Å². The first kappa shape index (κ1) is 21.4. The molecule has 1 aliphatic heterocycles. The first-order valence-corrected chi connectivity index (χ1v) is 11.3. The fraction of sp³-hybridized carbons (Fsp3) is 0.444. The predicted molar refractivity (Wildman–Crippen MR) is 106 cm³/mol. The van der Waals surface area contributed by atoms with Crippen LogP contribution in [0.15, 0.2) is 18.5 Å². The van der Waals surface area contributed by atoms with Crippen LogP contribution in [0.1, 0.15) is 35.8 Å². The largest absolute Gasteiger partial charge is 0.434 e. The Balaban J connectivity index is 1.70. The lowest BCUT2D eigenvalue weighted by atomic mass is 10.1. The van der Waals surface area contributed by atoms with Crippen molar-refractivity contribution in [3.63, 3.8) is 0 Å². The number of halogens is 3. The second-order valence-corrected chi connectivity index (χ2v) is 9.47. The normalized spacial score (nSPS) is 16.8. The number of nitrogens with one attached hydrogen (secondary N) is 1. The van der Waals surface area contributed by atoms with Crippen LogP contribution < -0.4 is 5.32 Å². The molecule has 0 aliphatic carbocycles. The monoisotopic (exact) mass is 456 g/mol. The molecule has 1 fully saturated rings. The minimum atomic E-state index is -4.67. The molecule has 4 heterocycles. The number of piperidine rings is 1. The molecule has 0 atom stereocenters. The molecule has 4 rings (SSSR count). The van der Waals surface area contributed by atoms with Gasteiger partial charge in [0.1, 0.15) is 5.65 Å². The number of hydrogen-bond donors (Lipinski definition) is 1. The molecule has 0 amide bonds. The third-order valence-corrected chi connectivity index (χ3v) is 6.50. The quantitative estimate of drug-likeness (QED) is 0.600. The van der Waals surface area contributed by atoms with E-state index in [-0.39, 0.29) is 28.8 Å². The zero-order valence-electron chi connectivity index (χ0n) is 16.6. The number of sulfonamides is 1. The van der Waals surface area contributed by atoms with Gasteiger partial charge in [-0.15, -0.1) is 0 Å². The topological polar surface area (TPSA) is 110 Å². The van der Waals surface area contributed by atoms with Crippen molar-refractivity contribution in [3.8, 4) is 0 Å². The van der Waals surface area contributed by atoms with Crippen molar-refractivity contribution in [2.45, 2.75) is 32.0 Å². The summed E-state index contributed by atoms with van der Waals surface area (Å²) in [5.41, 5.74) is -1.03. The molecule has 1 saturated heterocycles. The van der Waals surface area contributed by atoms with Gasteiger partial charge in [0.15, 0.2) is 17.1 Å². The minimum Gasteiger partial charge on any atom is -0.351 e. The lowest BCUT2D eigenvalue weighted by molar-refractivity contribution is -0.140. The molecule has 1 N–H and O–H groups in total. The van der Waals surface area contributed by atoms with Gasteiger partial charge in [-0.05, 0) is 25.8 Å². The number of aromatic nitrogens is 4. The smallest absolute Gasteiger partial charge is 0.351 e. The standard InChI is InChI=1S/C18H19F3N6O3S/c1-10(28)13-7-11-8-22-17(23-12-3-5-26(6-4-12)31(2,29)30)25-15(11)27-9-14(18(19,20)21)24-16(13)27/h7-9,12H,3-6H2,1-2H3,(H,22,23,25). The van der Waals surface area contributed by atoms with Crippen molar-refractivity contribution in [2.75, 3.05) is 24.7 Å². The molecule has 1 aliphatic rings. The van der Waals surface area contributed by atoms with Crippen LogP contribution in [0.2, 0.25) is 0 Å². The summed E-state index contributed by atoms with van der Waals surface area (Å²) in [6.45, 7) is 1.96. The summed E-state index contributed by atoms with van der Waals surface area (Å²) in [5.74, 6) is -0.226. The number of carbonyl (C=O) groups excluding carboxylic acids is 1. The molecule has 166 valence electrons. The second-order valence-electron chi connectivity index (χ2n) is 7.48. The molecule has 3 aromatic heterocycles. The van der Waals surface area contributed by atoms with Crippen LogP contribution in [-0.4, -0.2) is 63.2 Å². The SMILES string of the molecule is CC(=O)c1cc2cnc(NC3CCN(S(C)(=O)=O)CC3)nc2n2cc(C(F)(F)F)nc12. The van der Waals surface area contributed by atoms with E-state index < -0.39 is 27.7 Å². The number of anilines is 1. The summed E-state index contributed by atoms with van der Waals surface area (Å²) < 4.78 is 65.4. The Hall–Kier alpha value is -2.80. The molecule has 0 unspecified atom stereocenters. The molecule has 0 bridgehead atoms. The van der Waals surface area contributed by atoms with Crippen LogP contribution in [0.3, 0.4) is 0 Å². The van der Waals surface area contributed by atoms with Gasteiger partial charge in [-0.2, -0.15) is 18.2 Å². The van der Waals surface area contributed by atoms with Crippen molar-refractivity contribution in [1.29, 1.82) is 0 Å². The molecular formula is C18H19F3N6O3S. The number of nitrogens with zero attached hydrogens (tertiary/aromatic N) is 5. The summed E-state index contributed by atoms with van der Waals surface area (Å²) in [6, 6.07) is 1.34. The highest BCUT2D eigenvalue weighted by molar-refractivity contribution is 7.88. The second kappa shape index (κ2) is 7.41. The number of pyridine rings is 1. The van der Waals surface area contributed by atoms with E-state index in [1.165, 1.54) is 23.5 Å². The highest BCUT2D eigenvalue weighted by Gasteiger charge is 2.35. The Kier molecular flexibility index (Phi) is 5.12. The average Bonchev–Trinajstić information content (AvgIpc) is 3.13. The molecule has 0 radical (unpaired) electrons. The minimum absolute atomic E-state index is 0.0421. The van der Waals surface area contributed by atoms with Gasteiger partial charge in [0.05, 0.1) is 11.8 Å². The van der Waals surface area contributed by atoms with E-state index in [0.717, 1.165) is 16.9 Å². The summed E-state index contributed by atoms with van der Waals surface area (Å²) in [4.78, 5) is 24.1. The fourth-order valence-corrected chi connectivity index (χ4v) is 4.48. The molecule has 13 heteroatoms. The Morgan fingerprint density at radius 2 is 1.87 bits per heavy atom. The predicted octanol–water partition coefficient (Wildman–Crippen LogP) is 2.33. The van der Waals surface area contributed by atoms with E-state index in [2.05, 4.69) is 20.3 Å². The summed E-state index contributed by atoms with van der Waals surface area (Å²) in [6.07, 6.45) is -0.198. The van der Waals surface area contributed by atoms with E-state index in [0.29, 0.717) is 31.3 Å². The Labute approximate surface area is 175 Å². The molecule has 0 saturated carbocycles. The van der Waals surface area contributed by atoms with Crippen molar-refractivity contribution in [3.05, 3.63) is 29.7 Å². The van der Waals surface area contributed by atoms with Gasteiger partial charge in [0, 0.05) is 36.9 Å². The summed E-state index contributed by atoms with van der Waals surface area (Å²) in [7, 11) is -3.25. The molecule has 3 aromatic rings. The number of fused-ring (bicyclic) bond motifs is 3. The maximum Gasteiger partial charge on any atom is 0.434 e. The number of alkyl halides is 3. The van der Waals surface area contributed by atoms with Crippen LogP contribution in [0.25, 0.3) is 16.7 Å². The van der Waals surface area contributed by atoms with E-state index in [4.69, 9.17) is 0 Å². The lowest BCUT2D eigenvalue weighted by Crippen LogP contribution is -2.42. The third-order valence-electron chi connectivity index (χ3n) is 5.20. The number of rotatable bonds is 4. The number of Topliss-reactive ketones (excluding diaryl/α,β-unsaturated/α-hetero) is 1. The Bertz CT molecular complexity index is 1280. The maximum atomic E-state index is 13.2. The van der Waals surface area contributed by atoms with Crippen molar-refractivity contribution < 1.29 is 26.4 Å². The van der Waals surface area contributed by atoms with Crippen molar-refractivity contribution >= 4 is 38.4 Å². The number of imidazole rings is 1. The van der Waals surface area contributed by atoms with Crippen LogP contribution >= 0.6 is 0 Å².